The van der Waals surface area contributed by atoms with Crippen LogP contribution in [0.25, 0.3) is 0 Å². The van der Waals surface area contributed by atoms with Gasteiger partial charge in [0.15, 0.2) is 34.0 Å². The van der Waals surface area contributed by atoms with Crippen molar-refractivity contribution in [2.75, 3.05) is 82.6 Å². The maximum Gasteiger partial charge on any atom is 0.188 e. The number of piperidine rings is 1. The van der Waals surface area contributed by atoms with Gasteiger partial charge in [-0.2, -0.15) is 25.5 Å². The highest BCUT2D eigenvalue weighted by atomic mass is 31.1. The molecule has 133 heavy (non-hydrogen) atoms. The van der Waals surface area contributed by atoms with Crippen molar-refractivity contribution < 1.29 is 47.4 Å². The maximum absolute atomic E-state index is 6.22. The molecule has 0 N–H and O–H groups in total. The van der Waals surface area contributed by atoms with Gasteiger partial charge in [0.2, 0.25) is 0 Å². The van der Waals surface area contributed by atoms with E-state index in [9.17, 15) is 0 Å². The van der Waals surface area contributed by atoms with Gasteiger partial charge in [0, 0.05) is 158 Å². The van der Waals surface area contributed by atoms with Crippen molar-refractivity contribution in [3.63, 3.8) is 0 Å². The third kappa shape index (κ3) is 32.9. The molecule has 0 radical (unpaired) electrons. The molecule has 1 fully saturated rings. The van der Waals surface area contributed by atoms with E-state index >= 15 is 0 Å². The zero-order chi connectivity index (χ0) is 94.0. The first-order valence-corrected chi connectivity index (χ1v) is 49.1. The van der Waals surface area contributed by atoms with Crippen molar-refractivity contribution in [2.45, 2.75) is 99.3 Å². The molecular formula is C108H125N10O10P5. The Labute approximate surface area is 794 Å². The second-order valence-electron chi connectivity index (χ2n) is 33.1. The quantitative estimate of drug-likeness (QED) is 0.0210. The Morgan fingerprint density at radius 3 is 1.02 bits per heavy atom. The summed E-state index contributed by atoms with van der Waals surface area (Å²) < 4.78 is 61.9. The van der Waals surface area contributed by atoms with Crippen LogP contribution in [-0.4, -0.2) is 137 Å². The summed E-state index contributed by atoms with van der Waals surface area (Å²) in [4.78, 5) is 0. The molecule has 0 amide bonds. The SMILES string of the molecule is COCOc1c(C)cc(C)cc1Pc1ccccc1/C=N/n1cccc1.COCOc1c(C)cccc1Pc1ccccc1/C=N/n1cccc1.COCOc1c(Pc2ccccc2/C=N/N2CCCCC2)cc(C(C)(C)C)cc1C(C)(C)C.COCOc1ccc(C)cc1Pc1ccccc1/C=N/n1cccc1.COCOc1ccccc1Pc1ccccc1/C=N/n1cccc1. The molecule has 5 heterocycles. The zero-order valence-corrected chi connectivity index (χ0v) is 83.9. The maximum atomic E-state index is 6.22. The fraction of sp³-hybridized carbons (Fsp3) is 0.250. The van der Waals surface area contributed by atoms with E-state index in [0.717, 1.165) is 80.5 Å². The lowest BCUT2D eigenvalue weighted by molar-refractivity contribution is 0.0505. The number of rotatable bonds is 35. The van der Waals surface area contributed by atoms with Crippen LogP contribution in [-0.2, 0) is 34.5 Å². The summed E-state index contributed by atoms with van der Waals surface area (Å²) in [7, 11) is 10.6. The Hall–Kier alpha value is -11.6. The molecule has 5 atom stereocenters. The molecule has 692 valence electrons. The molecule has 14 aromatic rings. The van der Waals surface area contributed by atoms with Gasteiger partial charge in [0.1, 0.15) is 28.7 Å². The van der Waals surface area contributed by atoms with Crippen molar-refractivity contribution in [3.05, 3.63) is 366 Å². The van der Waals surface area contributed by atoms with E-state index in [1.165, 1.54) is 94.8 Å². The van der Waals surface area contributed by atoms with E-state index in [0.29, 0.717) is 42.9 Å². The van der Waals surface area contributed by atoms with Crippen molar-refractivity contribution >= 4 is 127 Å². The summed E-state index contributed by atoms with van der Waals surface area (Å²) >= 11 is 0. The second kappa shape index (κ2) is 53.9. The summed E-state index contributed by atoms with van der Waals surface area (Å²) in [5, 5.41) is 37.0. The van der Waals surface area contributed by atoms with Crippen molar-refractivity contribution in [3.8, 4) is 28.7 Å². The number of aryl methyl sites for hydroxylation is 4. The van der Waals surface area contributed by atoms with E-state index in [1.807, 2.05) is 184 Å². The fourth-order valence-corrected chi connectivity index (χ4v) is 20.5. The number of ether oxygens (including phenoxy) is 10. The topological polar surface area (TPSA) is 177 Å². The molecule has 0 bridgehead atoms. The van der Waals surface area contributed by atoms with Gasteiger partial charge in [-0.1, -0.05) is 266 Å². The molecule has 1 saturated heterocycles. The largest absolute Gasteiger partial charge is 0.467 e. The first-order valence-electron chi connectivity index (χ1n) is 44.1. The predicted molar refractivity (Wildman–Crippen MR) is 564 cm³/mol. The molecule has 20 nitrogen and oxygen atoms in total. The zero-order valence-electron chi connectivity index (χ0n) is 78.9. The molecular weight excluding hydrogens is 1750 g/mol. The summed E-state index contributed by atoms with van der Waals surface area (Å²) in [6.45, 7) is 25.3. The van der Waals surface area contributed by atoms with Crippen LogP contribution < -0.4 is 76.7 Å². The molecule has 10 aromatic carbocycles. The predicted octanol–water partition coefficient (Wildman–Crippen LogP) is 18.9. The second-order valence-corrected chi connectivity index (χ2v) is 39.7. The van der Waals surface area contributed by atoms with Crippen LogP contribution in [0.4, 0.5) is 0 Å². The third-order valence-electron chi connectivity index (χ3n) is 20.6. The van der Waals surface area contributed by atoms with Gasteiger partial charge in [-0.05, 0) is 185 Å². The molecule has 4 aromatic heterocycles. The van der Waals surface area contributed by atoms with E-state index in [-0.39, 0.29) is 44.8 Å². The molecule has 25 heteroatoms. The molecule has 0 spiro atoms. The number of benzene rings is 10. The van der Waals surface area contributed by atoms with Gasteiger partial charge in [-0.25, -0.2) is 18.7 Å². The van der Waals surface area contributed by atoms with Gasteiger partial charge in [-0.15, -0.1) is 0 Å². The standard InChI is InChI=1S/C28H41N2O2P.C21H23N2O2P.2C20H21N2O2P.C19H19N2O2P/c1-27(2,3)22-17-23(28(4,5)6)26(32-20-31-7)25(18-22)33-24-14-10-9-13-21(24)19-29-30-15-11-8-12-16-30;1-16-12-17(2)21(25-15-24-3)20(13-16)26-19-9-5-4-8-18(19)14-22-23-10-6-7-11-23;1-16-8-7-11-19(20(16)24-15-23-2)25-18-10-4-3-9-17(18)14-21-22-12-5-6-13-22;1-16-9-10-18(24-15-23-2)20(13-16)25-19-8-4-3-7-17(19)14-21-22-11-5-6-12-22;1-22-15-23-17-9-3-5-11-19(17)24-18-10-4-2-8-16(18)14-20-21-12-6-7-13-21/h9-10,13-14,17-19,33H,8,11-12,15-16,20H2,1-7H3;4-14,26H,15H2,1-3H3;2*3-14,25H,15H2,1-2H3;2-14,24H,15H2,1H3/b29-19+;22-14+;2*21-14+;20-14+. The van der Waals surface area contributed by atoms with Crippen LogP contribution in [0.1, 0.15) is 122 Å². The fourth-order valence-electron chi connectivity index (χ4n) is 13.8. The number of nitrogens with zero attached hydrogens (tertiary/aromatic N) is 10. The van der Waals surface area contributed by atoms with E-state index in [1.54, 1.807) is 54.3 Å². The normalized spacial score (nSPS) is 12.6. The molecule has 5 unspecified atom stereocenters. The lowest BCUT2D eigenvalue weighted by atomic mass is 9.80. The van der Waals surface area contributed by atoms with Crippen LogP contribution >= 0.6 is 42.9 Å². The summed E-state index contributed by atoms with van der Waals surface area (Å²) in [6.07, 6.45) is 28.7. The van der Waals surface area contributed by atoms with E-state index < -0.39 is 0 Å². The molecule has 0 aliphatic carbocycles. The van der Waals surface area contributed by atoms with Gasteiger partial charge in [0.05, 0.1) is 31.1 Å². The van der Waals surface area contributed by atoms with Crippen molar-refractivity contribution in [2.24, 2.45) is 25.5 Å². The number of methoxy groups -OCH3 is 5. The van der Waals surface area contributed by atoms with Crippen molar-refractivity contribution in [1.82, 2.24) is 23.7 Å². The minimum absolute atomic E-state index is 0.0429. The Morgan fingerprint density at radius 1 is 0.278 bits per heavy atom. The molecule has 0 saturated carbocycles. The molecule has 1 aliphatic rings. The third-order valence-corrected chi connectivity index (χ3v) is 27.5. The first kappa shape index (κ1) is 102. The van der Waals surface area contributed by atoms with Crippen LogP contribution in [0.5, 0.6) is 28.7 Å². The average molecular weight is 1880 g/mol. The van der Waals surface area contributed by atoms with E-state index in [4.69, 9.17) is 52.5 Å². The average Bonchev–Trinajstić information content (AvgIpc) is 1.12. The lowest BCUT2D eigenvalue weighted by Crippen LogP contribution is -2.25. The highest BCUT2D eigenvalue weighted by molar-refractivity contribution is 7.57. The van der Waals surface area contributed by atoms with Crippen molar-refractivity contribution in [1.29, 1.82) is 0 Å². The number of hydrogen-bond donors (Lipinski definition) is 0. The smallest absolute Gasteiger partial charge is 0.188 e. The summed E-state index contributed by atoms with van der Waals surface area (Å²) in [5.41, 5.74) is 12.9. The van der Waals surface area contributed by atoms with Gasteiger partial charge < -0.3 is 47.4 Å². The van der Waals surface area contributed by atoms with Crippen LogP contribution in [0, 0.1) is 27.7 Å². The minimum atomic E-state index is -0.0429. The van der Waals surface area contributed by atoms with Gasteiger partial charge in [-0.3, -0.25) is 5.01 Å². The highest BCUT2D eigenvalue weighted by Crippen LogP contribution is 2.38. The Kier molecular flexibility index (Phi) is 41.4. The highest BCUT2D eigenvalue weighted by Gasteiger charge is 2.27. The number of para-hydroxylation sites is 2. The van der Waals surface area contributed by atoms with Crippen LogP contribution in [0.3, 0.4) is 0 Å². The van der Waals surface area contributed by atoms with Gasteiger partial charge >= 0.3 is 0 Å². The Balaban J connectivity index is 0.000000161. The summed E-state index contributed by atoms with van der Waals surface area (Å²) in [5.74, 6) is 4.49. The summed E-state index contributed by atoms with van der Waals surface area (Å²) in [6, 6.07) is 87.0. The van der Waals surface area contributed by atoms with Crippen LogP contribution in [0.2, 0.25) is 0 Å². The van der Waals surface area contributed by atoms with E-state index in [2.05, 4.69) is 246 Å². The Morgan fingerprint density at radius 2 is 0.609 bits per heavy atom. The number of hydrogen-bond acceptors (Lipinski definition) is 16. The Bertz CT molecular complexity index is 5940. The first-order chi connectivity index (χ1) is 64.7. The van der Waals surface area contributed by atoms with Crippen LogP contribution in [0.15, 0.2) is 330 Å². The lowest BCUT2D eigenvalue weighted by Gasteiger charge is -2.29. The van der Waals surface area contributed by atoms with Gasteiger partial charge in [0.25, 0.3) is 0 Å². The number of aromatic nitrogens is 4. The molecule has 15 rings (SSSR count). The molecule has 1 aliphatic heterocycles. The minimum Gasteiger partial charge on any atom is -0.467 e. The monoisotopic (exact) mass is 1880 g/mol. The number of hydrazone groups is 1.